The van der Waals surface area contributed by atoms with Crippen LogP contribution in [0.2, 0.25) is 0 Å². The molecule has 0 aliphatic rings. The van der Waals surface area contributed by atoms with Gasteiger partial charge >= 0.3 is 0 Å². The molecular weight excluding hydrogens is 288 g/mol. The summed E-state index contributed by atoms with van der Waals surface area (Å²) >= 11 is 0. The van der Waals surface area contributed by atoms with Gasteiger partial charge in [0.1, 0.15) is 0 Å². The minimum atomic E-state index is -0.401. The molecule has 0 radical (unpaired) electrons. The van der Waals surface area contributed by atoms with Crippen LogP contribution in [0.1, 0.15) is 25.0 Å². The minimum Gasteiger partial charge on any atom is -0.384 e. The molecule has 0 aromatic heterocycles. The van der Waals surface area contributed by atoms with Crippen molar-refractivity contribution >= 4 is 17.4 Å². The normalized spacial score (nSPS) is 11.4. The largest absolute Gasteiger partial charge is 0.384 e. The van der Waals surface area contributed by atoms with Crippen molar-refractivity contribution in [2.24, 2.45) is 0 Å². The number of rotatable bonds is 5. The van der Waals surface area contributed by atoms with Gasteiger partial charge in [0.05, 0.1) is 5.57 Å². The van der Waals surface area contributed by atoms with Crippen LogP contribution in [0.25, 0.3) is 5.57 Å². The van der Waals surface area contributed by atoms with Crippen molar-refractivity contribution < 1.29 is 9.59 Å². The Labute approximate surface area is 136 Å². The summed E-state index contributed by atoms with van der Waals surface area (Å²) in [6, 6.07) is 19.2. The lowest BCUT2D eigenvalue weighted by Gasteiger charge is -2.14. The van der Waals surface area contributed by atoms with Crippen molar-refractivity contribution in [1.29, 1.82) is 0 Å². The van der Waals surface area contributed by atoms with E-state index in [0.717, 1.165) is 16.8 Å². The summed E-state index contributed by atoms with van der Waals surface area (Å²) < 4.78 is 0. The standard InChI is InChI=1S/C19H20N2O2/c1-14(20-13-16-9-5-3-6-10-16)18(19(23)21-15(2)22)17-11-7-4-8-12-17/h3-12,20H,13H2,1-2H3,(H,21,22,23)/b18-14-. The van der Waals surface area contributed by atoms with E-state index in [9.17, 15) is 9.59 Å². The van der Waals surface area contributed by atoms with E-state index in [1.807, 2.05) is 67.6 Å². The van der Waals surface area contributed by atoms with E-state index in [1.165, 1.54) is 6.92 Å². The molecule has 2 aromatic rings. The number of carbonyl (C=O) groups is 2. The van der Waals surface area contributed by atoms with Crippen LogP contribution >= 0.6 is 0 Å². The molecule has 118 valence electrons. The summed E-state index contributed by atoms with van der Waals surface area (Å²) in [5.41, 5.74) is 3.08. The van der Waals surface area contributed by atoms with Gasteiger partial charge in [-0.05, 0) is 18.1 Å². The average molecular weight is 308 g/mol. The maximum atomic E-state index is 12.4. The average Bonchev–Trinajstić information content (AvgIpc) is 2.54. The second-order valence-electron chi connectivity index (χ2n) is 5.22. The second kappa shape index (κ2) is 7.94. The molecule has 0 fully saturated rings. The topological polar surface area (TPSA) is 58.2 Å². The molecular formula is C19H20N2O2. The summed E-state index contributed by atoms with van der Waals surface area (Å²) in [7, 11) is 0. The van der Waals surface area contributed by atoms with Gasteiger partial charge in [-0.25, -0.2) is 0 Å². The van der Waals surface area contributed by atoms with E-state index < -0.39 is 5.91 Å². The van der Waals surface area contributed by atoms with E-state index in [0.29, 0.717) is 12.1 Å². The number of allylic oxidation sites excluding steroid dienone is 1. The number of carbonyl (C=O) groups excluding carboxylic acids is 2. The number of amides is 2. The summed E-state index contributed by atoms with van der Waals surface area (Å²) in [5, 5.41) is 5.60. The number of imide groups is 1. The van der Waals surface area contributed by atoms with Crippen molar-refractivity contribution in [3.8, 4) is 0 Å². The lowest BCUT2D eigenvalue weighted by molar-refractivity contribution is -0.126. The molecule has 23 heavy (non-hydrogen) atoms. The molecule has 0 aliphatic heterocycles. The van der Waals surface area contributed by atoms with E-state index in [-0.39, 0.29) is 5.91 Å². The van der Waals surface area contributed by atoms with Crippen LogP contribution in [-0.2, 0) is 16.1 Å². The van der Waals surface area contributed by atoms with Crippen LogP contribution in [0.3, 0.4) is 0 Å². The zero-order valence-electron chi connectivity index (χ0n) is 13.3. The molecule has 0 bridgehead atoms. The van der Waals surface area contributed by atoms with Crippen LogP contribution in [-0.4, -0.2) is 11.8 Å². The number of benzene rings is 2. The lowest BCUT2D eigenvalue weighted by Crippen LogP contribution is -2.30. The molecule has 0 aliphatic carbocycles. The molecule has 2 rings (SSSR count). The Morgan fingerprint density at radius 2 is 1.43 bits per heavy atom. The SMILES string of the molecule is CC(=O)NC(=O)/C(=C(/C)NCc1ccccc1)c1ccccc1. The van der Waals surface area contributed by atoms with Crippen LogP contribution in [0.4, 0.5) is 0 Å². The van der Waals surface area contributed by atoms with Crippen LogP contribution in [0, 0.1) is 0 Å². The third-order valence-electron chi connectivity index (χ3n) is 3.35. The molecule has 4 nitrogen and oxygen atoms in total. The zero-order chi connectivity index (χ0) is 16.7. The molecule has 0 atom stereocenters. The molecule has 0 saturated carbocycles. The van der Waals surface area contributed by atoms with Gasteiger partial charge in [-0.1, -0.05) is 60.7 Å². The van der Waals surface area contributed by atoms with E-state index in [1.54, 1.807) is 0 Å². The Kier molecular flexibility index (Phi) is 5.69. The maximum absolute atomic E-state index is 12.4. The second-order valence-corrected chi connectivity index (χ2v) is 5.22. The van der Waals surface area contributed by atoms with Gasteiger partial charge < -0.3 is 5.32 Å². The molecule has 2 amide bonds. The van der Waals surface area contributed by atoms with Crippen LogP contribution < -0.4 is 10.6 Å². The lowest BCUT2D eigenvalue weighted by atomic mass is 10.0. The third kappa shape index (κ3) is 4.81. The Morgan fingerprint density at radius 3 is 2.00 bits per heavy atom. The van der Waals surface area contributed by atoms with Gasteiger partial charge in [0.15, 0.2) is 0 Å². The Bertz CT molecular complexity index is 707. The van der Waals surface area contributed by atoms with Crippen LogP contribution in [0.15, 0.2) is 66.4 Å². The first-order valence-corrected chi connectivity index (χ1v) is 7.44. The highest BCUT2D eigenvalue weighted by atomic mass is 16.2. The zero-order valence-corrected chi connectivity index (χ0v) is 13.3. The Hall–Kier alpha value is -2.88. The fraction of sp³-hybridized carbons (Fsp3) is 0.158. The molecule has 0 saturated heterocycles. The molecule has 2 aromatic carbocycles. The quantitative estimate of drug-likeness (QED) is 0.835. The molecule has 0 spiro atoms. The van der Waals surface area contributed by atoms with Gasteiger partial charge in [0, 0.05) is 19.2 Å². The number of hydrogen-bond donors (Lipinski definition) is 2. The summed E-state index contributed by atoms with van der Waals surface area (Å²) in [6.45, 7) is 3.77. The van der Waals surface area contributed by atoms with E-state index in [2.05, 4.69) is 10.6 Å². The van der Waals surface area contributed by atoms with E-state index in [4.69, 9.17) is 0 Å². The van der Waals surface area contributed by atoms with Crippen molar-refractivity contribution in [3.63, 3.8) is 0 Å². The molecule has 0 heterocycles. The first kappa shape index (κ1) is 16.5. The number of nitrogens with one attached hydrogen (secondary N) is 2. The highest BCUT2D eigenvalue weighted by molar-refractivity contribution is 6.24. The van der Waals surface area contributed by atoms with Crippen molar-refractivity contribution in [3.05, 3.63) is 77.5 Å². The molecule has 0 unspecified atom stereocenters. The van der Waals surface area contributed by atoms with E-state index >= 15 is 0 Å². The highest BCUT2D eigenvalue weighted by Crippen LogP contribution is 2.18. The summed E-state index contributed by atoms with van der Waals surface area (Å²) in [5.74, 6) is -0.777. The predicted octanol–water partition coefficient (Wildman–Crippen LogP) is 2.87. The predicted molar refractivity (Wildman–Crippen MR) is 91.1 cm³/mol. The van der Waals surface area contributed by atoms with Gasteiger partial charge in [0.25, 0.3) is 5.91 Å². The monoisotopic (exact) mass is 308 g/mol. The first-order chi connectivity index (χ1) is 11.1. The van der Waals surface area contributed by atoms with Crippen LogP contribution in [0.5, 0.6) is 0 Å². The smallest absolute Gasteiger partial charge is 0.260 e. The summed E-state index contributed by atoms with van der Waals surface area (Å²) in [6.07, 6.45) is 0. The Balaban J connectivity index is 2.27. The highest BCUT2D eigenvalue weighted by Gasteiger charge is 2.16. The Morgan fingerprint density at radius 1 is 0.870 bits per heavy atom. The van der Waals surface area contributed by atoms with Crippen molar-refractivity contribution in [1.82, 2.24) is 10.6 Å². The fourth-order valence-corrected chi connectivity index (χ4v) is 2.26. The molecule has 2 N–H and O–H groups in total. The third-order valence-corrected chi connectivity index (χ3v) is 3.35. The van der Waals surface area contributed by atoms with Gasteiger partial charge in [-0.15, -0.1) is 0 Å². The summed E-state index contributed by atoms with van der Waals surface area (Å²) in [4.78, 5) is 23.6. The van der Waals surface area contributed by atoms with Crippen molar-refractivity contribution in [2.45, 2.75) is 20.4 Å². The fourth-order valence-electron chi connectivity index (χ4n) is 2.26. The molecule has 4 heteroatoms. The van der Waals surface area contributed by atoms with Gasteiger partial charge in [0.2, 0.25) is 5.91 Å². The number of hydrogen-bond acceptors (Lipinski definition) is 3. The van der Waals surface area contributed by atoms with Gasteiger partial charge in [-0.3, -0.25) is 14.9 Å². The minimum absolute atomic E-state index is 0.376. The first-order valence-electron chi connectivity index (χ1n) is 7.44. The maximum Gasteiger partial charge on any atom is 0.260 e. The van der Waals surface area contributed by atoms with Crippen molar-refractivity contribution in [2.75, 3.05) is 0 Å². The van der Waals surface area contributed by atoms with Gasteiger partial charge in [-0.2, -0.15) is 0 Å².